The normalized spacial score (nSPS) is 11.7. The van der Waals surface area contributed by atoms with Crippen LogP contribution in [-0.2, 0) is 9.47 Å². The van der Waals surface area contributed by atoms with E-state index >= 15 is 0 Å². The number of rotatable bonds is 2. The van der Waals surface area contributed by atoms with Crippen LogP contribution in [0.15, 0.2) is 48.0 Å². The predicted octanol–water partition coefficient (Wildman–Crippen LogP) is 5.73. The Morgan fingerprint density at radius 3 is 2.55 bits per heavy atom. The number of ether oxygens (including phenoxy) is 2. The highest BCUT2D eigenvalue weighted by atomic mass is 32.1. The van der Waals surface area contributed by atoms with E-state index in [1.807, 2.05) is 5.38 Å². The minimum Gasteiger partial charge on any atom is -0.508 e. The molecule has 3 heterocycles. The van der Waals surface area contributed by atoms with Crippen LogP contribution in [0.3, 0.4) is 0 Å². The Bertz CT molecular complexity index is 1350. The number of thiophene rings is 1. The molecule has 0 saturated heterocycles. The van der Waals surface area contributed by atoms with Crippen molar-refractivity contribution >= 4 is 44.6 Å². The summed E-state index contributed by atoms with van der Waals surface area (Å²) >= 11 is 1.38. The molecule has 4 aromatic rings. The zero-order valence-electron chi connectivity index (χ0n) is 17.5. The van der Waals surface area contributed by atoms with Crippen LogP contribution in [-0.4, -0.2) is 37.2 Å². The van der Waals surface area contributed by atoms with Crippen LogP contribution in [0.5, 0.6) is 5.75 Å². The van der Waals surface area contributed by atoms with Crippen molar-refractivity contribution in [3.63, 3.8) is 0 Å². The Balaban J connectivity index is 1.96. The third-order valence-electron chi connectivity index (χ3n) is 4.33. The number of fused-ring (bicyclic) bond motifs is 2. The number of nitrogens with zero attached hydrogens (tertiary/aromatic N) is 3. The molecule has 0 spiro atoms. The van der Waals surface area contributed by atoms with E-state index in [0.29, 0.717) is 32.5 Å². The average molecular weight is 439 g/mol. The molecule has 0 unspecified atom stereocenters. The van der Waals surface area contributed by atoms with E-state index in [9.17, 15) is 14.7 Å². The molecule has 0 atom stereocenters. The first-order valence-electron chi connectivity index (χ1n) is 9.47. The van der Waals surface area contributed by atoms with Crippen LogP contribution in [0.4, 0.5) is 9.59 Å². The fraction of sp³-hybridized carbons (Fsp3) is 0.227. The summed E-state index contributed by atoms with van der Waals surface area (Å²) in [4.78, 5) is 25.6. The number of hydrogen-bond acceptors (Lipinski definition) is 7. The standard InChI is InChI=1S/C22H21N3O5S/c1-12(2)29-21(28)25-16-8-9-31-19(16)18(23-25)17-11-13-10-14(26)6-7-15(13)24(17)20(27)30-22(3,4)5/h6-11,26H,1H2,2-5H3. The molecule has 31 heavy (non-hydrogen) atoms. The van der Waals surface area contributed by atoms with Gasteiger partial charge in [0.25, 0.3) is 0 Å². The van der Waals surface area contributed by atoms with E-state index < -0.39 is 17.8 Å². The monoisotopic (exact) mass is 439 g/mol. The zero-order valence-corrected chi connectivity index (χ0v) is 18.3. The van der Waals surface area contributed by atoms with Crippen molar-refractivity contribution in [3.05, 3.63) is 48.0 Å². The fourth-order valence-corrected chi connectivity index (χ4v) is 4.09. The lowest BCUT2D eigenvalue weighted by molar-refractivity contribution is 0.0547. The number of benzene rings is 1. The van der Waals surface area contributed by atoms with E-state index in [4.69, 9.17) is 9.47 Å². The number of aromatic nitrogens is 3. The molecule has 0 fully saturated rings. The molecule has 3 aromatic heterocycles. The molecule has 4 rings (SSSR count). The molecule has 1 N–H and O–H groups in total. The van der Waals surface area contributed by atoms with Gasteiger partial charge in [-0.05, 0) is 63.4 Å². The van der Waals surface area contributed by atoms with Gasteiger partial charge in [-0.3, -0.25) is 0 Å². The van der Waals surface area contributed by atoms with Crippen molar-refractivity contribution < 1.29 is 24.2 Å². The highest BCUT2D eigenvalue weighted by Gasteiger charge is 2.27. The van der Waals surface area contributed by atoms with Crippen LogP contribution in [0, 0.1) is 0 Å². The van der Waals surface area contributed by atoms with Crippen molar-refractivity contribution in [2.24, 2.45) is 0 Å². The SMILES string of the molecule is C=C(C)OC(=O)n1nc(-c2cc3cc(O)ccc3n2C(=O)OC(C)(C)C)c2sccc21. The molecule has 1 aromatic carbocycles. The third-order valence-corrected chi connectivity index (χ3v) is 5.24. The molecular weight excluding hydrogens is 418 g/mol. The summed E-state index contributed by atoms with van der Waals surface area (Å²) in [6.07, 6.45) is -1.29. The summed E-state index contributed by atoms with van der Waals surface area (Å²) in [5, 5.41) is 16.8. The van der Waals surface area contributed by atoms with Gasteiger partial charge >= 0.3 is 12.2 Å². The summed E-state index contributed by atoms with van der Waals surface area (Å²) < 4.78 is 14.0. The maximum atomic E-state index is 13.1. The van der Waals surface area contributed by atoms with E-state index in [1.54, 1.807) is 52.0 Å². The van der Waals surface area contributed by atoms with Gasteiger partial charge in [0.15, 0.2) is 0 Å². The van der Waals surface area contributed by atoms with Crippen LogP contribution < -0.4 is 0 Å². The highest BCUT2D eigenvalue weighted by Crippen LogP contribution is 2.36. The first-order valence-corrected chi connectivity index (χ1v) is 10.4. The Morgan fingerprint density at radius 2 is 1.87 bits per heavy atom. The maximum Gasteiger partial charge on any atom is 0.440 e. The van der Waals surface area contributed by atoms with Gasteiger partial charge < -0.3 is 14.6 Å². The second-order valence-corrected chi connectivity index (χ2v) is 8.97. The van der Waals surface area contributed by atoms with Gasteiger partial charge in [0.2, 0.25) is 0 Å². The number of allylic oxidation sites excluding steroid dienone is 1. The summed E-state index contributed by atoms with van der Waals surface area (Å²) in [5.74, 6) is 0.306. The van der Waals surface area contributed by atoms with Crippen molar-refractivity contribution in [1.82, 2.24) is 14.3 Å². The Morgan fingerprint density at radius 1 is 1.13 bits per heavy atom. The lowest BCUT2D eigenvalue weighted by atomic mass is 10.2. The zero-order chi connectivity index (χ0) is 22.5. The van der Waals surface area contributed by atoms with Gasteiger partial charge in [0.05, 0.1) is 27.2 Å². The Labute approximate surface area is 181 Å². The van der Waals surface area contributed by atoms with Crippen LogP contribution in [0.2, 0.25) is 0 Å². The van der Waals surface area contributed by atoms with Gasteiger partial charge in [0, 0.05) is 5.39 Å². The molecule has 8 nitrogen and oxygen atoms in total. The number of phenolic OH excluding ortho intramolecular Hbond substituents is 1. The fourth-order valence-electron chi connectivity index (χ4n) is 3.23. The van der Waals surface area contributed by atoms with Gasteiger partial charge in [0.1, 0.15) is 17.0 Å². The average Bonchev–Trinajstić information content (AvgIpc) is 3.31. The van der Waals surface area contributed by atoms with E-state index in [2.05, 4.69) is 11.7 Å². The van der Waals surface area contributed by atoms with Gasteiger partial charge in [-0.1, -0.05) is 6.58 Å². The van der Waals surface area contributed by atoms with Crippen molar-refractivity contribution in [2.45, 2.75) is 33.3 Å². The summed E-state index contributed by atoms with van der Waals surface area (Å²) in [6, 6.07) is 8.17. The molecule has 0 aliphatic carbocycles. The molecule has 0 bridgehead atoms. The van der Waals surface area contributed by atoms with Crippen LogP contribution >= 0.6 is 11.3 Å². The van der Waals surface area contributed by atoms with Gasteiger partial charge in [-0.25, -0.2) is 14.2 Å². The summed E-state index contributed by atoms with van der Waals surface area (Å²) in [7, 11) is 0. The number of carbonyl (C=O) groups excluding carboxylic acids is 2. The smallest absolute Gasteiger partial charge is 0.440 e. The van der Waals surface area contributed by atoms with E-state index in [1.165, 1.54) is 22.0 Å². The van der Waals surface area contributed by atoms with E-state index in [-0.39, 0.29) is 11.5 Å². The topological polar surface area (TPSA) is 95.6 Å². The first kappa shape index (κ1) is 20.7. The number of carbonyl (C=O) groups is 2. The number of hydrogen-bond donors (Lipinski definition) is 1. The largest absolute Gasteiger partial charge is 0.508 e. The van der Waals surface area contributed by atoms with Crippen molar-refractivity contribution in [1.29, 1.82) is 0 Å². The quantitative estimate of drug-likeness (QED) is 0.401. The Kier molecular flexibility index (Phi) is 4.85. The molecule has 0 aliphatic heterocycles. The molecule has 0 aliphatic rings. The van der Waals surface area contributed by atoms with Crippen molar-refractivity contribution in [2.75, 3.05) is 0 Å². The summed E-state index contributed by atoms with van der Waals surface area (Å²) in [5.41, 5.74) is 1.24. The molecule has 0 amide bonds. The molecule has 160 valence electrons. The predicted molar refractivity (Wildman–Crippen MR) is 119 cm³/mol. The maximum absolute atomic E-state index is 13.1. The minimum atomic E-state index is -0.717. The second-order valence-electron chi connectivity index (χ2n) is 8.05. The van der Waals surface area contributed by atoms with Crippen molar-refractivity contribution in [3.8, 4) is 17.1 Å². The number of aromatic hydroxyl groups is 1. The molecule has 9 heteroatoms. The lowest BCUT2D eigenvalue weighted by Crippen LogP contribution is -2.27. The van der Waals surface area contributed by atoms with E-state index in [0.717, 1.165) is 4.68 Å². The lowest BCUT2D eigenvalue weighted by Gasteiger charge is -2.20. The molecule has 0 saturated carbocycles. The molecular formula is C22H21N3O5S. The third kappa shape index (κ3) is 3.79. The second kappa shape index (κ2) is 7.28. The molecule has 0 radical (unpaired) electrons. The minimum absolute atomic E-state index is 0.0669. The highest BCUT2D eigenvalue weighted by molar-refractivity contribution is 7.17. The van der Waals surface area contributed by atoms with Crippen LogP contribution in [0.25, 0.3) is 32.5 Å². The number of phenols is 1. The Hall–Kier alpha value is -3.59. The van der Waals surface area contributed by atoms with Gasteiger partial charge in [-0.15, -0.1) is 11.3 Å². The van der Waals surface area contributed by atoms with Gasteiger partial charge in [-0.2, -0.15) is 9.78 Å². The first-order chi connectivity index (χ1) is 14.5. The summed E-state index contributed by atoms with van der Waals surface area (Å²) in [6.45, 7) is 10.5. The van der Waals surface area contributed by atoms with Crippen LogP contribution in [0.1, 0.15) is 27.7 Å².